The van der Waals surface area contributed by atoms with E-state index in [0.717, 1.165) is 23.4 Å². The zero-order valence-corrected chi connectivity index (χ0v) is 14.7. The molecule has 2 aromatic rings. The van der Waals surface area contributed by atoms with Crippen molar-refractivity contribution in [1.29, 1.82) is 0 Å². The fourth-order valence-electron chi connectivity index (χ4n) is 3.85. The number of anilines is 1. The number of carbonyl (C=O) groups excluding carboxylic acids is 1. The lowest BCUT2D eigenvalue weighted by Gasteiger charge is -2.28. The third kappa shape index (κ3) is 2.73. The molecular formula is C19H19ClN2O3. The number of likely N-dealkylation sites (N-methyl/N-ethyl adjacent to an activating group) is 1. The molecule has 0 saturated heterocycles. The van der Waals surface area contributed by atoms with Crippen LogP contribution in [0.25, 0.3) is 0 Å². The molecule has 2 aliphatic rings. The lowest BCUT2D eigenvalue weighted by Crippen LogP contribution is -2.35. The van der Waals surface area contributed by atoms with Gasteiger partial charge in [-0.25, -0.2) is 4.79 Å². The number of phenolic OH excluding ortho intramolecular Hbond substituents is 1. The van der Waals surface area contributed by atoms with Gasteiger partial charge in [0, 0.05) is 34.8 Å². The maximum atomic E-state index is 12.3. The topological polar surface area (TPSA) is 61.8 Å². The fourth-order valence-corrected chi connectivity index (χ4v) is 4.03. The number of hydrogen-bond acceptors (Lipinski definition) is 5. The van der Waals surface area contributed by atoms with Gasteiger partial charge in [-0.3, -0.25) is 0 Å². The summed E-state index contributed by atoms with van der Waals surface area (Å²) in [5.74, 6) is -0.300. The van der Waals surface area contributed by atoms with Crippen LogP contribution in [0.2, 0.25) is 5.02 Å². The maximum Gasteiger partial charge on any atom is 0.339 e. The number of nitrogens with one attached hydrogen (secondary N) is 1. The number of halogens is 1. The van der Waals surface area contributed by atoms with E-state index in [0.29, 0.717) is 10.6 Å². The summed E-state index contributed by atoms with van der Waals surface area (Å²) in [6, 6.07) is 10.6. The molecule has 0 aromatic heterocycles. The van der Waals surface area contributed by atoms with Crippen molar-refractivity contribution in [2.75, 3.05) is 26.0 Å². The van der Waals surface area contributed by atoms with Gasteiger partial charge in [0.2, 0.25) is 0 Å². The second-order valence-corrected chi connectivity index (χ2v) is 7.30. The zero-order chi connectivity index (χ0) is 17.7. The third-order valence-corrected chi connectivity index (χ3v) is 5.07. The van der Waals surface area contributed by atoms with Crippen LogP contribution < -0.4 is 5.32 Å². The number of benzene rings is 2. The Hall–Kier alpha value is -2.24. The van der Waals surface area contributed by atoms with Gasteiger partial charge in [-0.05, 0) is 56.1 Å². The van der Waals surface area contributed by atoms with E-state index >= 15 is 0 Å². The molecule has 0 saturated carbocycles. The van der Waals surface area contributed by atoms with Crippen LogP contribution in [0, 0.1) is 0 Å². The first-order valence-corrected chi connectivity index (χ1v) is 8.56. The second-order valence-electron chi connectivity index (χ2n) is 6.87. The lowest BCUT2D eigenvalue weighted by atomic mass is 9.85. The molecule has 4 rings (SSSR count). The molecule has 6 heteroatoms. The predicted octanol–water partition coefficient (Wildman–Crippen LogP) is 3.40. The van der Waals surface area contributed by atoms with Crippen molar-refractivity contribution in [2.45, 2.75) is 18.1 Å². The summed E-state index contributed by atoms with van der Waals surface area (Å²) in [4.78, 5) is 14.4. The average molecular weight is 359 g/mol. The lowest BCUT2D eigenvalue weighted by molar-refractivity contribution is 0.0308. The number of cyclic esters (lactones) is 1. The number of aromatic hydroxyl groups is 1. The molecule has 2 aliphatic heterocycles. The summed E-state index contributed by atoms with van der Waals surface area (Å²) >= 11 is 6.22. The summed E-state index contributed by atoms with van der Waals surface area (Å²) in [5, 5.41) is 14.1. The van der Waals surface area contributed by atoms with E-state index in [2.05, 4.69) is 10.2 Å². The van der Waals surface area contributed by atoms with E-state index in [-0.39, 0.29) is 23.7 Å². The number of carbonyl (C=O) groups is 1. The summed E-state index contributed by atoms with van der Waals surface area (Å²) in [6.07, 6.45) is -0.452. The molecule has 2 aromatic carbocycles. The number of rotatable bonds is 3. The van der Waals surface area contributed by atoms with E-state index in [9.17, 15) is 9.90 Å². The van der Waals surface area contributed by atoms with Crippen LogP contribution in [-0.2, 0) is 4.74 Å². The molecule has 0 spiro atoms. The van der Waals surface area contributed by atoms with Gasteiger partial charge in [-0.15, -0.1) is 0 Å². The molecular weight excluding hydrogens is 340 g/mol. The molecule has 2 heterocycles. The monoisotopic (exact) mass is 358 g/mol. The minimum atomic E-state index is -0.452. The highest BCUT2D eigenvalue weighted by molar-refractivity contribution is 6.30. The van der Waals surface area contributed by atoms with Crippen LogP contribution in [0.5, 0.6) is 5.75 Å². The number of hydrogen-bond donors (Lipinski definition) is 2. The van der Waals surface area contributed by atoms with Crippen molar-refractivity contribution < 1.29 is 14.6 Å². The number of esters is 1. The van der Waals surface area contributed by atoms with Gasteiger partial charge in [0.05, 0.1) is 5.56 Å². The van der Waals surface area contributed by atoms with Gasteiger partial charge < -0.3 is 20.1 Å². The minimum Gasteiger partial charge on any atom is -0.508 e. The van der Waals surface area contributed by atoms with Crippen molar-refractivity contribution in [3.63, 3.8) is 0 Å². The largest absolute Gasteiger partial charge is 0.508 e. The number of ether oxygens (including phenoxy) is 1. The first kappa shape index (κ1) is 16.2. The fraction of sp³-hybridized carbons (Fsp3) is 0.316. The Morgan fingerprint density at radius 3 is 2.76 bits per heavy atom. The van der Waals surface area contributed by atoms with Crippen molar-refractivity contribution in [3.05, 3.63) is 58.1 Å². The highest BCUT2D eigenvalue weighted by Gasteiger charge is 2.45. The Morgan fingerprint density at radius 2 is 2.00 bits per heavy atom. The molecule has 130 valence electrons. The SMILES string of the molecule is CN(C)CC1Nc2ccc(Cl)cc2C1C1OC(=O)c2ccc(O)cc21. The molecule has 3 unspecified atom stereocenters. The molecule has 2 N–H and O–H groups in total. The Bertz CT molecular complexity index is 853. The highest BCUT2D eigenvalue weighted by Crippen LogP contribution is 2.49. The summed E-state index contributed by atoms with van der Waals surface area (Å²) < 4.78 is 5.73. The molecule has 0 aliphatic carbocycles. The number of nitrogens with zero attached hydrogens (tertiary/aromatic N) is 1. The van der Waals surface area contributed by atoms with Gasteiger partial charge >= 0.3 is 5.97 Å². The summed E-state index contributed by atoms with van der Waals surface area (Å²) in [7, 11) is 4.02. The maximum absolute atomic E-state index is 12.3. The van der Waals surface area contributed by atoms with Crippen LogP contribution in [0.1, 0.15) is 33.5 Å². The Balaban J connectivity index is 1.81. The Morgan fingerprint density at radius 1 is 1.20 bits per heavy atom. The molecule has 5 nitrogen and oxygen atoms in total. The van der Waals surface area contributed by atoms with Crippen LogP contribution in [-0.4, -0.2) is 42.7 Å². The minimum absolute atomic E-state index is 0.0644. The quantitative estimate of drug-likeness (QED) is 0.823. The van der Waals surface area contributed by atoms with E-state index in [1.54, 1.807) is 12.1 Å². The molecule has 0 bridgehead atoms. The van der Waals surface area contributed by atoms with Crippen LogP contribution in [0.4, 0.5) is 5.69 Å². The highest BCUT2D eigenvalue weighted by atomic mass is 35.5. The van der Waals surface area contributed by atoms with E-state index in [1.165, 1.54) is 6.07 Å². The van der Waals surface area contributed by atoms with Crippen molar-refractivity contribution in [2.24, 2.45) is 0 Å². The normalized spacial score (nSPS) is 24.0. The predicted molar refractivity (Wildman–Crippen MR) is 96.4 cm³/mol. The molecule has 0 fully saturated rings. The van der Waals surface area contributed by atoms with E-state index < -0.39 is 6.10 Å². The van der Waals surface area contributed by atoms with E-state index in [1.807, 2.05) is 32.3 Å². The second kappa shape index (κ2) is 5.93. The molecule has 25 heavy (non-hydrogen) atoms. The van der Waals surface area contributed by atoms with Gasteiger partial charge in [0.1, 0.15) is 11.9 Å². The zero-order valence-electron chi connectivity index (χ0n) is 14.0. The average Bonchev–Trinajstić information content (AvgIpc) is 3.03. The van der Waals surface area contributed by atoms with Crippen LogP contribution >= 0.6 is 11.6 Å². The first-order chi connectivity index (χ1) is 11.9. The molecule has 0 radical (unpaired) electrons. The summed E-state index contributed by atoms with van der Waals surface area (Å²) in [6.45, 7) is 0.777. The smallest absolute Gasteiger partial charge is 0.339 e. The standard InChI is InChI=1S/C19H19ClN2O3/c1-22(2)9-16-17(14-7-10(20)3-6-15(14)21-16)18-13-8-11(23)4-5-12(13)19(24)25-18/h3-8,16-18,21,23H,9H2,1-2H3. The van der Waals surface area contributed by atoms with E-state index in [4.69, 9.17) is 16.3 Å². The number of phenols is 1. The molecule has 0 amide bonds. The van der Waals surface area contributed by atoms with Crippen molar-refractivity contribution in [1.82, 2.24) is 4.90 Å². The van der Waals surface area contributed by atoms with Crippen LogP contribution in [0.3, 0.4) is 0 Å². The molecule has 3 atom stereocenters. The van der Waals surface area contributed by atoms with Gasteiger partial charge in [0.15, 0.2) is 0 Å². The van der Waals surface area contributed by atoms with Gasteiger partial charge in [0.25, 0.3) is 0 Å². The van der Waals surface area contributed by atoms with Crippen molar-refractivity contribution >= 4 is 23.3 Å². The van der Waals surface area contributed by atoms with Crippen molar-refractivity contribution in [3.8, 4) is 5.75 Å². The summed E-state index contributed by atoms with van der Waals surface area (Å²) in [5.41, 5.74) is 3.29. The van der Waals surface area contributed by atoms with Gasteiger partial charge in [-0.1, -0.05) is 11.6 Å². The van der Waals surface area contributed by atoms with Crippen LogP contribution in [0.15, 0.2) is 36.4 Å². The third-order valence-electron chi connectivity index (χ3n) is 4.83. The Kier molecular flexibility index (Phi) is 3.85. The number of fused-ring (bicyclic) bond motifs is 2. The van der Waals surface area contributed by atoms with Gasteiger partial charge in [-0.2, -0.15) is 0 Å². The Labute approximate surface area is 151 Å². The first-order valence-electron chi connectivity index (χ1n) is 8.18.